The number of cyclic esters (lactones) is 1. The molecular weight excluding hydrogens is 112 g/mol. The Hall–Kier alpha value is -0.180. The van der Waals surface area contributed by atoms with E-state index >= 15 is 0 Å². The molecule has 0 aromatic heterocycles. The zero-order valence-electron chi connectivity index (χ0n) is 3.72. The molecule has 0 unspecified atom stereocenters. The maximum Gasteiger partial charge on any atom is 0.367 e. The highest BCUT2D eigenvalue weighted by Crippen LogP contribution is 2.11. The van der Waals surface area contributed by atoms with Crippen LogP contribution in [0.2, 0.25) is 0 Å². The summed E-state index contributed by atoms with van der Waals surface area (Å²) in [5.74, 6) is 0.804. The first-order valence-corrected chi connectivity index (χ1v) is 2.99. The van der Waals surface area contributed by atoms with Crippen molar-refractivity contribution in [2.45, 2.75) is 0 Å². The molecule has 3 heteroatoms. The highest BCUT2D eigenvalue weighted by Gasteiger charge is 2.07. The van der Waals surface area contributed by atoms with Gasteiger partial charge in [0, 0.05) is 12.2 Å². The van der Waals surface area contributed by atoms with Gasteiger partial charge in [0.25, 0.3) is 0 Å². The van der Waals surface area contributed by atoms with Gasteiger partial charge in [0.05, 0.1) is 6.61 Å². The van der Waals surface area contributed by atoms with Crippen LogP contribution in [0.15, 0.2) is 0 Å². The van der Waals surface area contributed by atoms with Crippen molar-refractivity contribution in [1.29, 1.82) is 0 Å². The van der Waals surface area contributed by atoms with E-state index in [-0.39, 0.29) is 5.30 Å². The summed E-state index contributed by atoms with van der Waals surface area (Å²) in [7, 11) is 0. The van der Waals surface area contributed by atoms with Crippen LogP contribution in [0.1, 0.15) is 0 Å². The molecule has 0 saturated carbocycles. The van der Waals surface area contributed by atoms with E-state index in [1.54, 1.807) is 0 Å². The van der Waals surface area contributed by atoms with Crippen molar-refractivity contribution in [2.24, 2.45) is 0 Å². The van der Waals surface area contributed by atoms with E-state index in [1.807, 2.05) is 6.42 Å². The van der Waals surface area contributed by atoms with Crippen molar-refractivity contribution < 1.29 is 9.53 Å². The van der Waals surface area contributed by atoms with Crippen LogP contribution in [-0.4, -0.2) is 17.7 Å². The van der Waals surface area contributed by atoms with Crippen molar-refractivity contribution in [2.75, 3.05) is 12.4 Å². The average molecular weight is 117 g/mol. The summed E-state index contributed by atoms with van der Waals surface area (Å²) in [6.07, 6.45) is 1.92. The highest BCUT2D eigenvalue weighted by molar-refractivity contribution is 8.13. The molecule has 0 atom stereocenters. The normalized spacial score (nSPS) is 21.4. The second kappa shape index (κ2) is 2.21. The van der Waals surface area contributed by atoms with Crippen LogP contribution in [0.4, 0.5) is 4.79 Å². The number of hydrogen-bond donors (Lipinski definition) is 0. The second-order valence-electron chi connectivity index (χ2n) is 1.16. The molecule has 0 aliphatic carbocycles. The Balaban J connectivity index is 2.25. The third-order valence-electron chi connectivity index (χ3n) is 0.638. The predicted molar refractivity (Wildman–Crippen MR) is 28.1 cm³/mol. The molecule has 0 spiro atoms. The van der Waals surface area contributed by atoms with Gasteiger partial charge in [-0.15, -0.1) is 0 Å². The second-order valence-corrected chi connectivity index (χ2v) is 2.12. The van der Waals surface area contributed by atoms with Crippen molar-refractivity contribution in [3.05, 3.63) is 6.42 Å². The van der Waals surface area contributed by atoms with Gasteiger partial charge in [0.15, 0.2) is 0 Å². The highest BCUT2D eigenvalue weighted by atomic mass is 32.2. The molecule has 0 N–H and O–H groups in total. The lowest BCUT2D eigenvalue weighted by Crippen LogP contribution is -2.08. The first-order chi connectivity index (χ1) is 3.39. The fourth-order valence-corrected chi connectivity index (χ4v) is 0.845. The van der Waals surface area contributed by atoms with Gasteiger partial charge in [-0.05, 0) is 11.8 Å². The number of carbonyl (C=O) groups excluding carboxylic acids is 1. The predicted octanol–water partition coefficient (Wildman–Crippen LogP) is 1.07. The van der Waals surface area contributed by atoms with E-state index in [1.165, 1.54) is 11.8 Å². The largest absolute Gasteiger partial charge is 0.457 e. The molecule has 1 aliphatic rings. The van der Waals surface area contributed by atoms with Gasteiger partial charge < -0.3 is 4.74 Å². The molecule has 1 rings (SSSR count). The van der Waals surface area contributed by atoms with Crippen molar-refractivity contribution in [1.82, 2.24) is 0 Å². The maximum atomic E-state index is 10.2. The van der Waals surface area contributed by atoms with Crippen LogP contribution in [-0.2, 0) is 4.74 Å². The first kappa shape index (κ1) is 4.97. The molecule has 0 bridgehead atoms. The summed E-state index contributed by atoms with van der Waals surface area (Å²) in [5, 5.41) is -0.150. The van der Waals surface area contributed by atoms with Crippen LogP contribution in [0.5, 0.6) is 0 Å². The summed E-state index contributed by atoms with van der Waals surface area (Å²) in [5.41, 5.74) is 0. The van der Waals surface area contributed by atoms with Crippen molar-refractivity contribution in [3.8, 4) is 0 Å². The average Bonchev–Trinajstić information content (AvgIpc) is 1.69. The lowest BCUT2D eigenvalue weighted by atomic mass is 10.5. The summed E-state index contributed by atoms with van der Waals surface area (Å²) in [6.45, 7) is 0.492. The molecule has 1 aliphatic heterocycles. The van der Waals surface area contributed by atoms with Crippen LogP contribution in [0.3, 0.4) is 0 Å². The third-order valence-corrected chi connectivity index (χ3v) is 1.39. The molecule has 1 fully saturated rings. The Morgan fingerprint density at radius 1 is 1.86 bits per heavy atom. The smallest absolute Gasteiger partial charge is 0.367 e. The van der Waals surface area contributed by atoms with E-state index in [0.717, 1.165) is 5.75 Å². The molecule has 0 aromatic rings. The summed E-state index contributed by atoms with van der Waals surface area (Å²) in [4.78, 5) is 10.2. The zero-order chi connectivity index (χ0) is 5.11. The van der Waals surface area contributed by atoms with Crippen LogP contribution < -0.4 is 0 Å². The summed E-state index contributed by atoms with van der Waals surface area (Å²) in [6, 6.07) is 0. The Morgan fingerprint density at radius 2 is 2.71 bits per heavy atom. The van der Waals surface area contributed by atoms with Gasteiger partial charge in [-0.3, -0.25) is 0 Å². The quantitative estimate of drug-likeness (QED) is 0.444. The Bertz CT molecular complexity index is 73.8. The fourth-order valence-electron chi connectivity index (χ4n) is 0.344. The fraction of sp³-hybridized carbons (Fsp3) is 0.500. The van der Waals surface area contributed by atoms with Gasteiger partial charge in [0.1, 0.15) is 0 Å². The maximum absolute atomic E-state index is 10.2. The van der Waals surface area contributed by atoms with Crippen molar-refractivity contribution in [3.63, 3.8) is 0 Å². The van der Waals surface area contributed by atoms with Gasteiger partial charge in [-0.25, -0.2) is 4.79 Å². The van der Waals surface area contributed by atoms with E-state index in [9.17, 15) is 4.79 Å². The lowest BCUT2D eigenvalue weighted by molar-refractivity contribution is 0.182. The molecule has 1 saturated heterocycles. The van der Waals surface area contributed by atoms with Crippen molar-refractivity contribution >= 4 is 17.1 Å². The molecule has 1 heterocycles. The lowest BCUT2D eigenvalue weighted by Gasteiger charge is -2.07. The minimum atomic E-state index is -0.150. The number of ether oxygens (including phenoxy) is 1. The van der Waals surface area contributed by atoms with Gasteiger partial charge >= 0.3 is 5.30 Å². The number of rotatable bonds is 0. The molecule has 0 amide bonds. The number of hydrogen-bond acceptors (Lipinski definition) is 3. The van der Waals surface area contributed by atoms with E-state index < -0.39 is 0 Å². The molecule has 39 valence electrons. The molecule has 0 aromatic carbocycles. The molecular formula is C4H5O2S. The Kier molecular flexibility index (Phi) is 1.57. The summed E-state index contributed by atoms with van der Waals surface area (Å²) >= 11 is 1.20. The van der Waals surface area contributed by atoms with Crippen LogP contribution >= 0.6 is 11.8 Å². The monoisotopic (exact) mass is 117 g/mol. The van der Waals surface area contributed by atoms with Gasteiger partial charge in [-0.1, -0.05) is 0 Å². The molecule has 1 radical (unpaired) electrons. The van der Waals surface area contributed by atoms with Crippen LogP contribution in [0, 0.1) is 6.42 Å². The first-order valence-electron chi connectivity index (χ1n) is 2.01. The minimum Gasteiger partial charge on any atom is -0.457 e. The molecule has 7 heavy (non-hydrogen) atoms. The minimum absolute atomic E-state index is 0.150. The van der Waals surface area contributed by atoms with E-state index in [2.05, 4.69) is 4.74 Å². The van der Waals surface area contributed by atoms with Gasteiger partial charge in [0.2, 0.25) is 0 Å². The number of carbonyl (C=O) groups is 1. The van der Waals surface area contributed by atoms with Gasteiger partial charge in [-0.2, -0.15) is 0 Å². The topological polar surface area (TPSA) is 26.3 Å². The van der Waals surface area contributed by atoms with E-state index in [4.69, 9.17) is 0 Å². The Labute approximate surface area is 46.2 Å². The molecule has 2 nitrogen and oxygen atoms in total. The standard InChI is InChI=1S/C4H5O2S/c5-4-6-2-1-3-7-4/h1H,2-3H2. The number of thioether (sulfide) groups is 1. The van der Waals surface area contributed by atoms with Crippen LogP contribution in [0.25, 0.3) is 0 Å². The summed E-state index contributed by atoms with van der Waals surface area (Å²) < 4.78 is 4.55. The van der Waals surface area contributed by atoms with E-state index in [0.29, 0.717) is 6.61 Å². The Morgan fingerprint density at radius 3 is 3.00 bits per heavy atom. The zero-order valence-corrected chi connectivity index (χ0v) is 4.53. The SMILES string of the molecule is O=C1OC[CH]CS1. The third kappa shape index (κ3) is 1.39.